The van der Waals surface area contributed by atoms with Crippen LogP contribution in [0.15, 0.2) is 53.4 Å². The van der Waals surface area contributed by atoms with Crippen LogP contribution >= 0.6 is 23.8 Å². The Kier molecular flexibility index (Phi) is 5.82. The Morgan fingerprint density at radius 1 is 1.25 bits per heavy atom. The van der Waals surface area contributed by atoms with Gasteiger partial charge in [0.1, 0.15) is 4.99 Å². The first-order chi connectivity index (χ1) is 11.2. The van der Waals surface area contributed by atoms with Crippen molar-refractivity contribution in [1.29, 1.82) is 0 Å². The van der Waals surface area contributed by atoms with Crippen LogP contribution in [0.25, 0.3) is 0 Å². The summed E-state index contributed by atoms with van der Waals surface area (Å²) in [6, 6.07) is 12.2. The van der Waals surface area contributed by atoms with Gasteiger partial charge in [-0.2, -0.15) is 0 Å². The maximum atomic E-state index is 12.5. The van der Waals surface area contributed by atoms with E-state index in [-0.39, 0.29) is 4.90 Å². The highest BCUT2D eigenvalue weighted by Crippen LogP contribution is 2.24. The van der Waals surface area contributed by atoms with Crippen molar-refractivity contribution >= 4 is 44.5 Å². The maximum Gasteiger partial charge on any atom is 0.261 e. The molecule has 0 heterocycles. The molecule has 0 aliphatic carbocycles. The molecule has 0 aromatic heterocycles. The zero-order chi connectivity index (χ0) is 17.9. The molecule has 0 saturated carbocycles. The molecule has 0 amide bonds. The third kappa shape index (κ3) is 4.45. The van der Waals surface area contributed by atoms with Crippen molar-refractivity contribution in [3.8, 4) is 0 Å². The topological polar surface area (TPSA) is 69.6 Å². The van der Waals surface area contributed by atoms with Crippen molar-refractivity contribution in [1.82, 2.24) is 5.06 Å². The maximum absolute atomic E-state index is 12.5. The van der Waals surface area contributed by atoms with Crippen molar-refractivity contribution in [2.75, 3.05) is 4.72 Å². The van der Waals surface area contributed by atoms with Crippen LogP contribution in [0.2, 0.25) is 5.02 Å². The van der Waals surface area contributed by atoms with Crippen LogP contribution in [0.3, 0.4) is 0 Å². The zero-order valence-electron chi connectivity index (χ0n) is 13.1. The predicted molar refractivity (Wildman–Crippen MR) is 99.0 cm³/mol. The highest BCUT2D eigenvalue weighted by atomic mass is 35.5. The molecule has 2 aromatic carbocycles. The molecular weight excluding hydrogens is 368 g/mol. The van der Waals surface area contributed by atoms with Crippen molar-refractivity contribution in [3.05, 3.63) is 59.1 Å². The minimum Gasteiger partial charge on any atom is -0.287 e. The summed E-state index contributed by atoms with van der Waals surface area (Å²) in [5, 5.41) is 11.4. The second kappa shape index (κ2) is 7.48. The number of hydrogen-bond acceptors (Lipinski definition) is 4. The van der Waals surface area contributed by atoms with Gasteiger partial charge < -0.3 is 0 Å². The minimum absolute atomic E-state index is 0.0946. The molecule has 0 radical (unpaired) electrons. The summed E-state index contributed by atoms with van der Waals surface area (Å²) in [5.74, 6) is 0. The smallest absolute Gasteiger partial charge is 0.261 e. The Hall–Kier alpha value is -1.67. The first-order valence-corrected chi connectivity index (χ1v) is 9.34. The number of thiocarbonyl (C=S) groups is 1. The molecule has 128 valence electrons. The van der Waals surface area contributed by atoms with Gasteiger partial charge in [-0.3, -0.25) is 9.93 Å². The van der Waals surface area contributed by atoms with Gasteiger partial charge in [-0.15, -0.1) is 0 Å². The van der Waals surface area contributed by atoms with Gasteiger partial charge in [0.05, 0.1) is 10.9 Å². The van der Waals surface area contributed by atoms with Crippen LogP contribution in [-0.4, -0.2) is 23.7 Å². The summed E-state index contributed by atoms with van der Waals surface area (Å²) in [4.78, 5) is 0.396. The lowest BCUT2D eigenvalue weighted by atomic mass is 10.1. The number of nitrogens with zero attached hydrogens (tertiary/aromatic N) is 1. The zero-order valence-corrected chi connectivity index (χ0v) is 15.5. The van der Waals surface area contributed by atoms with Gasteiger partial charge in [0, 0.05) is 10.7 Å². The van der Waals surface area contributed by atoms with E-state index < -0.39 is 16.1 Å². The second-order valence-corrected chi connectivity index (χ2v) is 7.93. The van der Waals surface area contributed by atoms with Gasteiger partial charge in [-0.1, -0.05) is 36.0 Å². The highest BCUT2D eigenvalue weighted by Gasteiger charge is 2.19. The van der Waals surface area contributed by atoms with Crippen LogP contribution in [0.1, 0.15) is 25.5 Å². The summed E-state index contributed by atoms with van der Waals surface area (Å²) < 4.78 is 27.5. The quantitative estimate of drug-likeness (QED) is 0.596. The van der Waals surface area contributed by atoms with E-state index in [9.17, 15) is 13.6 Å². The SMILES string of the molecule is CC(=S)N(O)C(C)c1cccc(S(=O)(=O)Nc2ccc(Cl)cc2)c1. The van der Waals surface area contributed by atoms with Crippen LogP contribution < -0.4 is 4.72 Å². The van der Waals surface area contributed by atoms with E-state index in [1.165, 1.54) is 12.1 Å². The normalized spacial score (nSPS) is 12.5. The predicted octanol–water partition coefficient (Wildman–Crippen LogP) is 4.24. The van der Waals surface area contributed by atoms with Crippen LogP contribution in [0.5, 0.6) is 0 Å². The van der Waals surface area contributed by atoms with E-state index in [2.05, 4.69) is 4.72 Å². The van der Waals surface area contributed by atoms with E-state index in [0.717, 1.165) is 5.06 Å². The van der Waals surface area contributed by atoms with Crippen molar-refractivity contribution < 1.29 is 13.6 Å². The van der Waals surface area contributed by atoms with Crippen LogP contribution in [-0.2, 0) is 10.0 Å². The largest absolute Gasteiger partial charge is 0.287 e. The third-order valence-electron chi connectivity index (χ3n) is 3.44. The van der Waals surface area contributed by atoms with Gasteiger partial charge in [-0.05, 0) is 55.8 Å². The minimum atomic E-state index is -3.75. The second-order valence-electron chi connectivity index (χ2n) is 5.22. The molecule has 2 rings (SSSR count). The molecule has 1 atom stereocenters. The number of benzene rings is 2. The Labute approximate surface area is 151 Å². The fourth-order valence-corrected chi connectivity index (χ4v) is 3.48. The summed E-state index contributed by atoms with van der Waals surface area (Å²) in [5.41, 5.74) is 1.04. The van der Waals surface area contributed by atoms with E-state index in [0.29, 0.717) is 21.3 Å². The fourth-order valence-electron chi connectivity index (χ4n) is 2.09. The standard InChI is InChI=1S/C16H17ClN2O3S2/c1-11(19(20)12(2)23)13-4-3-5-16(10-13)24(21,22)18-15-8-6-14(17)7-9-15/h3-11,18,20H,1-2H3. The van der Waals surface area contributed by atoms with Gasteiger partial charge in [0.2, 0.25) is 0 Å². The Morgan fingerprint density at radius 3 is 2.46 bits per heavy atom. The molecule has 1 unspecified atom stereocenters. The van der Waals surface area contributed by atoms with E-state index >= 15 is 0 Å². The van der Waals surface area contributed by atoms with Crippen molar-refractivity contribution in [3.63, 3.8) is 0 Å². The molecule has 0 fully saturated rings. The molecule has 8 heteroatoms. The Morgan fingerprint density at radius 2 is 1.88 bits per heavy atom. The molecule has 2 aromatic rings. The first-order valence-electron chi connectivity index (χ1n) is 7.08. The third-order valence-corrected chi connectivity index (χ3v) is 5.25. The van der Waals surface area contributed by atoms with Crippen molar-refractivity contribution in [2.24, 2.45) is 0 Å². The Balaban J connectivity index is 2.29. The first kappa shape index (κ1) is 18.7. The molecule has 2 N–H and O–H groups in total. The Bertz CT molecular complexity index is 839. The summed E-state index contributed by atoms with van der Waals surface area (Å²) >= 11 is 10.7. The molecule has 5 nitrogen and oxygen atoms in total. The molecule has 24 heavy (non-hydrogen) atoms. The van der Waals surface area contributed by atoms with Gasteiger partial charge in [0.15, 0.2) is 0 Å². The average Bonchev–Trinajstić information content (AvgIpc) is 2.55. The lowest BCUT2D eigenvalue weighted by Gasteiger charge is -2.23. The molecular formula is C16H17ClN2O3S2. The average molecular weight is 385 g/mol. The van der Waals surface area contributed by atoms with E-state index in [1.807, 2.05) is 0 Å². The summed E-state index contributed by atoms with van der Waals surface area (Å²) in [6.45, 7) is 3.32. The molecule has 0 aliphatic heterocycles. The van der Waals surface area contributed by atoms with E-state index in [1.54, 1.807) is 50.2 Å². The number of hydroxylamine groups is 2. The van der Waals surface area contributed by atoms with Gasteiger partial charge in [-0.25, -0.2) is 13.5 Å². The summed E-state index contributed by atoms with van der Waals surface area (Å²) in [7, 11) is -3.75. The molecule has 0 aliphatic rings. The molecule has 0 bridgehead atoms. The lowest BCUT2D eigenvalue weighted by molar-refractivity contribution is -0.0469. The molecule has 0 spiro atoms. The number of nitrogens with one attached hydrogen (secondary N) is 1. The highest BCUT2D eigenvalue weighted by molar-refractivity contribution is 7.92. The number of halogens is 1. The number of anilines is 1. The monoisotopic (exact) mass is 384 g/mol. The number of sulfonamides is 1. The van der Waals surface area contributed by atoms with Crippen molar-refractivity contribution in [2.45, 2.75) is 24.8 Å². The molecule has 0 saturated heterocycles. The fraction of sp³-hybridized carbons (Fsp3) is 0.188. The van der Waals surface area contributed by atoms with Crippen LogP contribution in [0, 0.1) is 0 Å². The van der Waals surface area contributed by atoms with Gasteiger partial charge >= 0.3 is 0 Å². The van der Waals surface area contributed by atoms with Gasteiger partial charge in [0.25, 0.3) is 10.0 Å². The van der Waals surface area contributed by atoms with Crippen LogP contribution in [0.4, 0.5) is 5.69 Å². The number of hydrogen-bond donors (Lipinski definition) is 2. The summed E-state index contributed by atoms with van der Waals surface area (Å²) in [6.07, 6.45) is 0. The lowest BCUT2D eigenvalue weighted by Crippen LogP contribution is -2.26. The number of rotatable bonds is 5. The van der Waals surface area contributed by atoms with E-state index in [4.69, 9.17) is 23.8 Å².